The van der Waals surface area contributed by atoms with Crippen molar-refractivity contribution >= 4 is 5.82 Å². The van der Waals surface area contributed by atoms with E-state index in [9.17, 15) is 0 Å². The SMILES string of the molecule is COc1c(C)cnc(CN2CCO[C@H](CNc3cccnn3)C2)c1C. The average molecular weight is 343 g/mol. The molecule has 1 aliphatic rings. The van der Waals surface area contributed by atoms with Crippen molar-refractivity contribution in [2.24, 2.45) is 0 Å². The number of aryl methyl sites for hydroxylation is 1. The minimum absolute atomic E-state index is 0.114. The Balaban J connectivity index is 1.58. The van der Waals surface area contributed by atoms with E-state index in [0.717, 1.165) is 54.6 Å². The molecule has 7 nitrogen and oxygen atoms in total. The fourth-order valence-electron chi connectivity index (χ4n) is 3.10. The monoisotopic (exact) mass is 343 g/mol. The summed E-state index contributed by atoms with van der Waals surface area (Å²) < 4.78 is 11.4. The Morgan fingerprint density at radius 3 is 3.04 bits per heavy atom. The number of ether oxygens (including phenoxy) is 2. The van der Waals surface area contributed by atoms with Crippen molar-refractivity contribution in [3.63, 3.8) is 0 Å². The average Bonchev–Trinajstić information content (AvgIpc) is 2.64. The van der Waals surface area contributed by atoms with Crippen LogP contribution >= 0.6 is 0 Å². The van der Waals surface area contributed by atoms with Gasteiger partial charge in [-0.3, -0.25) is 9.88 Å². The van der Waals surface area contributed by atoms with Gasteiger partial charge in [0.1, 0.15) is 11.6 Å². The highest BCUT2D eigenvalue weighted by Crippen LogP contribution is 2.25. The number of pyridine rings is 1. The molecule has 2 aromatic heterocycles. The molecule has 0 unspecified atom stereocenters. The van der Waals surface area contributed by atoms with Crippen LogP contribution in [0.15, 0.2) is 24.5 Å². The second-order valence-corrected chi connectivity index (χ2v) is 6.26. The fourth-order valence-corrected chi connectivity index (χ4v) is 3.10. The van der Waals surface area contributed by atoms with Crippen molar-refractivity contribution in [3.8, 4) is 5.75 Å². The van der Waals surface area contributed by atoms with E-state index in [-0.39, 0.29) is 6.10 Å². The molecule has 7 heteroatoms. The third-order valence-electron chi connectivity index (χ3n) is 4.43. The Labute approximate surface area is 148 Å². The molecule has 0 aliphatic carbocycles. The van der Waals surface area contributed by atoms with E-state index in [1.54, 1.807) is 13.3 Å². The van der Waals surface area contributed by atoms with E-state index in [2.05, 4.69) is 32.3 Å². The predicted molar refractivity (Wildman–Crippen MR) is 95.8 cm³/mol. The standard InChI is InChI=1S/C18H25N5O2/c1-13-9-19-16(14(2)18(13)24-3)12-23-7-8-25-15(11-23)10-20-17-5-4-6-21-22-17/h4-6,9,15H,7-8,10-12H2,1-3H3,(H,20,22)/t15-/m1/s1. The number of morpholine rings is 1. The minimum Gasteiger partial charge on any atom is -0.496 e. The Morgan fingerprint density at radius 2 is 2.28 bits per heavy atom. The lowest BCUT2D eigenvalue weighted by Crippen LogP contribution is -2.45. The highest BCUT2D eigenvalue weighted by atomic mass is 16.5. The van der Waals surface area contributed by atoms with Gasteiger partial charge in [-0.05, 0) is 26.0 Å². The topological polar surface area (TPSA) is 72.4 Å². The number of methoxy groups -OCH3 is 1. The van der Waals surface area contributed by atoms with Crippen LogP contribution in [-0.2, 0) is 11.3 Å². The van der Waals surface area contributed by atoms with Crippen LogP contribution in [0, 0.1) is 13.8 Å². The van der Waals surface area contributed by atoms with Crippen LogP contribution in [0.25, 0.3) is 0 Å². The number of hydrogen-bond acceptors (Lipinski definition) is 7. The molecule has 1 fully saturated rings. The molecule has 3 heterocycles. The first-order chi connectivity index (χ1) is 12.2. The van der Waals surface area contributed by atoms with Gasteiger partial charge < -0.3 is 14.8 Å². The normalized spacial score (nSPS) is 18.1. The maximum absolute atomic E-state index is 5.86. The van der Waals surface area contributed by atoms with Crippen molar-refractivity contribution < 1.29 is 9.47 Å². The van der Waals surface area contributed by atoms with Crippen molar-refractivity contribution in [3.05, 3.63) is 41.3 Å². The van der Waals surface area contributed by atoms with E-state index in [0.29, 0.717) is 6.54 Å². The molecule has 134 valence electrons. The zero-order chi connectivity index (χ0) is 17.6. The Bertz CT molecular complexity index is 695. The molecule has 0 bridgehead atoms. The molecule has 0 saturated carbocycles. The van der Waals surface area contributed by atoms with Gasteiger partial charge in [0.15, 0.2) is 0 Å². The van der Waals surface area contributed by atoms with E-state index < -0.39 is 0 Å². The van der Waals surface area contributed by atoms with Crippen LogP contribution < -0.4 is 10.1 Å². The maximum atomic E-state index is 5.86. The predicted octanol–water partition coefficient (Wildman–Crippen LogP) is 1.81. The molecule has 0 radical (unpaired) electrons. The summed E-state index contributed by atoms with van der Waals surface area (Å²) in [6.07, 6.45) is 3.66. The van der Waals surface area contributed by atoms with Gasteiger partial charge >= 0.3 is 0 Å². The third kappa shape index (κ3) is 4.43. The largest absolute Gasteiger partial charge is 0.496 e. The molecule has 1 N–H and O–H groups in total. The highest BCUT2D eigenvalue weighted by molar-refractivity contribution is 5.41. The fraction of sp³-hybridized carbons (Fsp3) is 0.500. The number of nitrogens with zero attached hydrogens (tertiary/aromatic N) is 4. The van der Waals surface area contributed by atoms with Crippen LogP contribution in [0.1, 0.15) is 16.8 Å². The number of nitrogens with one attached hydrogen (secondary N) is 1. The van der Waals surface area contributed by atoms with E-state index in [1.165, 1.54) is 0 Å². The van der Waals surface area contributed by atoms with Gasteiger partial charge in [0, 0.05) is 49.7 Å². The van der Waals surface area contributed by atoms with Crippen LogP contribution in [0.5, 0.6) is 5.75 Å². The summed E-state index contributed by atoms with van der Waals surface area (Å²) in [6, 6.07) is 3.77. The van der Waals surface area contributed by atoms with E-state index >= 15 is 0 Å². The molecule has 1 atom stereocenters. The molecule has 3 rings (SSSR count). The summed E-state index contributed by atoms with van der Waals surface area (Å²) in [4.78, 5) is 6.97. The van der Waals surface area contributed by atoms with E-state index in [4.69, 9.17) is 9.47 Å². The molecule has 0 aromatic carbocycles. The number of hydrogen-bond donors (Lipinski definition) is 1. The number of anilines is 1. The van der Waals surface area contributed by atoms with Crippen molar-refractivity contribution in [1.82, 2.24) is 20.1 Å². The number of rotatable bonds is 6. The molecule has 1 aliphatic heterocycles. The van der Waals surface area contributed by atoms with Crippen LogP contribution in [-0.4, -0.2) is 59.5 Å². The molecular formula is C18H25N5O2. The Morgan fingerprint density at radius 1 is 1.40 bits per heavy atom. The first kappa shape index (κ1) is 17.6. The van der Waals surface area contributed by atoms with E-state index in [1.807, 2.05) is 25.3 Å². The molecular weight excluding hydrogens is 318 g/mol. The summed E-state index contributed by atoms with van der Waals surface area (Å²) in [7, 11) is 1.71. The summed E-state index contributed by atoms with van der Waals surface area (Å²) in [5.41, 5.74) is 3.24. The lowest BCUT2D eigenvalue weighted by atomic mass is 10.1. The van der Waals surface area contributed by atoms with Crippen LogP contribution in [0.3, 0.4) is 0 Å². The summed E-state index contributed by atoms with van der Waals surface area (Å²) in [6.45, 7) is 8.07. The second-order valence-electron chi connectivity index (χ2n) is 6.26. The molecule has 0 amide bonds. The zero-order valence-electron chi connectivity index (χ0n) is 15.0. The third-order valence-corrected chi connectivity index (χ3v) is 4.43. The van der Waals surface area contributed by atoms with Gasteiger partial charge in [-0.1, -0.05) is 0 Å². The van der Waals surface area contributed by atoms with Crippen LogP contribution in [0.4, 0.5) is 5.82 Å². The summed E-state index contributed by atoms with van der Waals surface area (Å²) >= 11 is 0. The summed E-state index contributed by atoms with van der Waals surface area (Å²) in [5, 5.41) is 11.2. The maximum Gasteiger partial charge on any atom is 0.148 e. The van der Waals surface area contributed by atoms with Gasteiger partial charge in [-0.15, -0.1) is 5.10 Å². The molecule has 25 heavy (non-hydrogen) atoms. The van der Waals surface area contributed by atoms with Crippen molar-refractivity contribution in [2.75, 3.05) is 38.7 Å². The van der Waals surface area contributed by atoms with Gasteiger partial charge in [-0.25, -0.2) is 0 Å². The minimum atomic E-state index is 0.114. The van der Waals surface area contributed by atoms with Gasteiger partial charge in [0.2, 0.25) is 0 Å². The lowest BCUT2D eigenvalue weighted by molar-refractivity contribution is -0.0245. The lowest BCUT2D eigenvalue weighted by Gasteiger charge is -2.33. The zero-order valence-corrected chi connectivity index (χ0v) is 15.0. The van der Waals surface area contributed by atoms with Gasteiger partial charge in [-0.2, -0.15) is 5.10 Å². The molecule has 1 saturated heterocycles. The summed E-state index contributed by atoms with van der Waals surface area (Å²) in [5.74, 6) is 1.70. The Kier molecular flexibility index (Phi) is 5.78. The quantitative estimate of drug-likeness (QED) is 0.857. The number of aromatic nitrogens is 3. The van der Waals surface area contributed by atoms with Gasteiger partial charge in [0.25, 0.3) is 0 Å². The molecule has 2 aromatic rings. The first-order valence-electron chi connectivity index (χ1n) is 8.52. The van der Waals surface area contributed by atoms with Crippen molar-refractivity contribution in [2.45, 2.75) is 26.5 Å². The highest BCUT2D eigenvalue weighted by Gasteiger charge is 2.22. The van der Waals surface area contributed by atoms with Crippen LogP contribution in [0.2, 0.25) is 0 Å². The smallest absolute Gasteiger partial charge is 0.148 e. The second kappa shape index (κ2) is 8.22. The first-order valence-corrected chi connectivity index (χ1v) is 8.52. The van der Waals surface area contributed by atoms with Gasteiger partial charge in [0.05, 0.1) is 25.5 Å². The Hall–Kier alpha value is -2.25. The molecule has 0 spiro atoms. The van der Waals surface area contributed by atoms with Crippen molar-refractivity contribution in [1.29, 1.82) is 0 Å².